The minimum atomic E-state index is 0.341. The average molecular weight is 293 g/mol. The van der Waals surface area contributed by atoms with Gasteiger partial charge in [0.2, 0.25) is 0 Å². The van der Waals surface area contributed by atoms with Crippen LogP contribution in [0.5, 0.6) is 0 Å². The van der Waals surface area contributed by atoms with Gasteiger partial charge >= 0.3 is 0 Å². The Morgan fingerprint density at radius 1 is 1.38 bits per heavy atom. The molecule has 0 amide bonds. The van der Waals surface area contributed by atoms with Crippen LogP contribution >= 0.6 is 0 Å². The van der Waals surface area contributed by atoms with Crippen LogP contribution in [0, 0.1) is 0 Å². The summed E-state index contributed by atoms with van der Waals surface area (Å²) in [6, 6.07) is 2.15. The molecule has 2 aliphatic rings. The molecule has 0 aliphatic carbocycles. The van der Waals surface area contributed by atoms with E-state index in [2.05, 4.69) is 16.1 Å². The lowest BCUT2D eigenvalue weighted by Crippen LogP contribution is -2.37. The van der Waals surface area contributed by atoms with E-state index in [1.807, 2.05) is 17.9 Å². The second kappa shape index (κ2) is 7.38. The van der Waals surface area contributed by atoms with Crippen LogP contribution in [0.1, 0.15) is 37.3 Å². The van der Waals surface area contributed by atoms with Gasteiger partial charge < -0.3 is 14.4 Å². The number of rotatable bonds is 6. The van der Waals surface area contributed by atoms with Gasteiger partial charge in [0.1, 0.15) is 0 Å². The van der Waals surface area contributed by atoms with E-state index >= 15 is 0 Å². The number of nitrogens with zero attached hydrogens (tertiary/aromatic N) is 3. The van der Waals surface area contributed by atoms with Gasteiger partial charge in [-0.05, 0) is 38.3 Å². The topological polar surface area (TPSA) is 39.5 Å². The van der Waals surface area contributed by atoms with Gasteiger partial charge in [-0.2, -0.15) is 5.10 Å². The Kier molecular flexibility index (Phi) is 5.27. The number of hydrogen-bond donors (Lipinski definition) is 0. The summed E-state index contributed by atoms with van der Waals surface area (Å²) in [5.41, 5.74) is 1.36. The van der Waals surface area contributed by atoms with Crippen molar-refractivity contribution in [1.82, 2.24) is 14.7 Å². The molecule has 0 saturated carbocycles. The van der Waals surface area contributed by atoms with Gasteiger partial charge in [-0.15, -0.1) is 0 Å². The molecule has 3 heterocycles. The highest BCUT2D eigenvalue weighted by molar-refractivity contribution is 5.09. The second-order valence-electron chi connectivity index (χ2n) is 6.23. The summed E-state index contributed by atoms with van der Waals surface area (Å²) >= 11 is 0. The fraction of sp³-hybridized carbons (Fsp3) is 0.812. The maximum absolute atomic E-state index is 5.79. The lowest BCUT2D eigenvalue weighted by atomic mass is 9.95. The highest BCUT2D eigenvalue weighted by Crippen LogP contribution is 2.26. The van der Waals surface area contributed by atoms with E-state index in [-0.39, 0.29) is 0 Å². The van der Waals surface area contributed by atoms with E-state index in [1.165, 1.54) is 31.5 Å². The number of likely N-dealkylation sites (tertiary alicyclic amines) is 1. The lowest BCUT2D eigenvalue weighted by molar-refractivity contribution is 0.00845. The molecule has 2 aliphatic heterocycles. The Hall–Kier alpha value is -0.910. The van der Waals surface area contributed by atoms with E-state index in [4.69, 9.17) is 9.47 Å². The molecule has 0 bridgehead atoms. The summed E-state index contributed by atoms with van der Waals surface area (Å²) in [5, 5.41) is 4.30. The minimum absolute atomic E-state index is 0.341. The van der Waals surface area contributed by atoms with Crippen LogP contribution in [0.3, 0.4) is 0 Å². The first kappa shape index (κ1) is 15.0. The Morgan fingerprint density at radius 3 is 3.10 bits per heavy atom. The van der Waals surface area contributed by atoms with Crippen molar-refractivity contribution in [3.63, 3.8) is 0 Å². The van der Waals surface area contributed by atoms with Crippen LogP contribution in [0.2, 0.25) is 0 Å². The van der Waals surface area contributed by atoms with Crippen molar-refractivity contribution in [2.45, 2.75) is 37.7 Å². The van der Waals surface area contributed by atoms with Gasteiger partial charge in [0.05, 0.1) is 19.3 Å². The molecule has 2 unspecified atom stereocenters. The van der Waals surface area contributed by atoms with Crippen LogP contribution in [0.4, 0.5) is 0 Å². The molecule has 2 atom stereocenters. The number of piperidine rings is 1. The van der Waals surface area contributed by atoms with Crippen molar-refractivity contribution >= 4 is 0 Å². The molecule has 118 valence electrons. The van der Waals surface area contributed by atoms with Crippen molar-refractivity contribution in [2.75, 3.05) is 39.5 Å². The van der Waals surface area contributed by atoms with Gasteiger partial charge in [-0.25, -0.2) is 0 Å². The number of ether oxygens (including phenoxy) is 2. The molecule has 3 rings (SSSR count). The molecule has 1 aromatic rings. The van der Waals surface area contributed by atoms with Crippen LogP contribution < -0.4 is 0 Å². The predicted octanol–water partition coefficient (Wildman–Crippen LogP) is 1.80. The zero-order valence-electron chi connectivity index (χ0n) is 13.0. The number of aryl methyl sites for hydroxylation is 1. The first-order valence-corrected chi connectivity index (χ1v) is 8.22. The highest BCUT2D eigenvalue weighted by atomic mass is 16.5. The van der Waals surface area contributed by atoms with E-state index in [1.54, 1.807) is 0 Å². The molecule has 2 saturated heterocycles. The second-order valence-corrected chi connectivity index (χ2v) is 6.23. The van der Waals surface area contributed by atoms with Gasteiger partial charge in [0.25, 0.3) is 0 Å². The molecule has 0 N–H and O–H groups in total. The third-order valence-electron chi connectivity index (χ3n) is 4.66. The molecular weight excluding hydrogens is 266 g/mol. The van der Waals surface area contributed by atoms with Crippen molar-refractivity contribution in [3.8, 4) is 0 Å². The summed E-state index contributed by atoms with van der Waals surface area (Å²) in [6.45, 7) is 5.84. The van der Waals surface area contributed by atoms with E-state index in [0.29, 0.717) is 12.0 Å². The van der Waals surface area contributed by atoms with Gasteiger partial charge in [-0.1, -0.05) is 0 Å². The van der Waals surface area contributed by atoms with Crippen LogP contribution in [0.25, 0.3) is 0 Å². The molecular formula is C16H27N3O2. The Balaban J connectivity index is 1.38. The van der Waals surface area contributed by atoms with Crippen molar-refractivity contribution in [3.05, 3.63) is 18.0 Å². The van der Waals surface area contributed by atoms with Crippen molar-refractivity contribution in [1.29, 1.82) is 0 Å². The smallest absolute Gasteiger partial charge is 0.0809 e. The molecule has 1 aromatic heterocycles. The average Bonchev–Trinajstić information content (AvgIpc) is 3.15. The van der Waals surface area contributed by atoms with E-state index in [9.17, 15) is 0 Å². The molecule has 0 spiro atoms. The fourth-order valence-electron chi connectivity index (χ4n) is 3.47. The first-order chi connectivity index (χ1) is 10.3. The van der Waals surface area contributed by atoms with Gasteiger partial charge in [0, 0.05) is 44.6 Å². The van der Waals surface area contributed by atoms with E-state index in [0.717, 1.165) is 39.3 Å². The highest BCUT2D eigenvalue weighted by Gasteiger charge is 2.23. The third-order valence-corrected chi connectivity index (χ3v) is 4.66. The number of hydrogen-bond acceptors (Lipinski definition) is 4. The van der Waals surface area contributed by atoms with Crippen LogP contribution in [-0.2, 0) is 16.5 Å². The van der Waals surface area contributed by atoms with Crippen LogP contribution in [-0.4, -0.2) is 60.2 Å². The molecule has 21 heavy (non-hydrogen) atoms. The molecule has 5 heteroatoms. The van der Waals surface area contributed by atoms with Crippen molar-refractivity contribution in [2.24, 2.45) is 7.05 Å². The molecule has 2 fully saturated rings. The maximum atomic E-state index is 5.79. The van der Waals surface area contributed by atoms with Gasteiger partial charge in [0.15, 0.2) is 0 Å². The molecule has 0 radical (unpaired) electrons. The summed E-state index contributed by atoms with van der Waals surface area (Å²) in [4.78, 5) is 2.52. The van der Waals surface area contributed by atoms with Gasteiger partial charge in [-0.3, -0.25) is 4.68 Å². The summed E-state index contributed by atoms with van der Waals surface area (Å²) in [5.74, 6) is 0.615. The Morgan fingerprint density at radius 2 is 2.33 bits per heavy atom. The SMILES string of the molecule is Cn1nccc1C1CCCN(CCOCC2CCCO2)C1. The quantitative estimate of drug-likeness (QED) is 0.750. The first-order valence-electron chi connectivity index (χ1n) is 8.22. The minimum Gasteiger partial charge on any atom is -0.377 e. The zero-order chi connectivity index (χ0) is 14.5. The van der Waals surface area contributed by atoms with E-state index < -0.39 is 0 Å². The Labute approximate surface area is 127 Å². The molecule has 0 aromatic carbocycles. The standard InChI is InChI=1S/C16H27N3O2/c1-18-16(6-7-17-18)14-4-2-8-19(12-14)9-11-20-13-15-5-3-10-21-15/h6-7,14-15H,2-5,8-13H2,1H3. The summed E-state index contributed by atoms with van der Waals surface area (Å²) in [7, 11) is 2.04. The third kappa shape index (κ3) is 4.05. The number of aromatic nitrogens is 2. The Bertz CT molecular complexity index is 429. The molecule has 5 nitrogen and oxygen atoms in total. The monoisotopic (exact) mass is 293 g/mol. The largest absolute Gasteiger partial charge is 0.377 e. The van der Waals surface area contributed by atoms with Crippen LogP contribution in [0.15, 0.2) is 12.3 Å². The summed E-state index contributed by atoms with van der Waals surface area (Å²) < 4.78 is 13.4. The maximum Gasteiger partial charge on any atom is 0.0809 e. The predicted molar refractivity (Wildman–Crippen MR) is 81.4 cm³/mol. The fourth-order valence-corrected chi connectivity index (χ4v) is 3.47. The normalized spacial score (nSPS) is 27.3. The summed E-state index contributed by atoms with van der Waals surface area (Å²) in [6.07, 6.45) is 7.13. The van der Waals surface area contributed by atoms with Crippen molar-refractivity contribution < 1.29 is 9.47 Å². The zero-order valence-corrected chi connectivity index (χ0v) is 13.0. The lowest BCUT2D eigenvalue weighted by Gasteiger charge is -2.32.